The lowest BCUT2D eigenvalue weighted by Crippen LogP contribution is -2.48. The number of nitrogens with zero attached hydrogens (tertiary/aromatic N) is 3. The maximum atomic E-state index is 13.1. The number of halogens is 1. The van der Waals surface area contributed by atoms with Crippen LogP contribution in [0.25, 0.3) is 0 Å². The number of piperazine rings is 1. The van der Waals surface area contributed by atoms with Crippen LogP contribution in [-0.4, -0.2) is 47.5 Å². The second-order valence-corrected chi connectivity index (χ2v) is 7.21. The van der Waals surface area contributed by atoms with Crippen molar-refractivity contribution in [3.05, 3.63) is 41.5 Å². The van der Waals surface area contributed by atoms with E-state index in [0.717, 1.165) is 5.56 Å². The van der Waals surface area contributed by atoms with Gasteiger partial charge < -0.3 is 5.32 Å². The van der Waals surface area contributed by atoms with E-state index in [0.29, 0.717) is 31.0 Å². The first-order chi connectivity index (χ1) is 10.5. The number of H-pyrrole nitrogens is 1. The molecule has 0 radical (unpaired) electrons. The highest BCUT2D eigenvalue weighted by Gasteiger charge is 2.37. The van der Waals surface area contributed by atoms with E-state index in [4.69, 9.17) is 0 Å². The number of aromatic amines is 1. The Bertz CT molecular complexity index is 743. The number of aromatic nitrogens is 3. The highest BCUT2D eigenvalue weighted by Crippen LogP contribution is 2.30. The van der Waals surface area contributed by atoms with Crippen LogP contribution in [0, 0.1) is 13.8 Å². The van der Waals surface area contributed by atoms with Gasteiger partial charge in [0, 0.05) is 32.0 Å². The Hall–Kier alpha value is -1.48. The summed E-state index contributed by atoms with van der Waals surface area (Å²) in [4.78, 5) is 4.39. The van der Waals surface area contributed by atoms with Crippen LogP contribution in [0.4, 0.5) is 0 Å². The summed E-state index contributed by atoms with van der Waals surface area (Å²) in [5.74, 6) is 0. The van der Waals surface area contributed by atoms with Crippen LogP contribution in [0.2, 0.25) is 0 Å². The fraction of sp³-hybridized carbons (Fsp3) is 0.429. The van der Waals surface area contributed by atoms with Gasteiger partial charge in [0.05, 0.1) is 17.4 Å². The average molecular weight is 358 g/mol. The van der Waals surface area contributed by atoms with Crippen LogP contribution < -0.4 is 5.32 Å². The third kappa shape index (κ3) is 3.25. The van der Waals surface area contributed by atoms with Crippen LogP contribution in [0.1, 0.15) is 23.0 Å². The van der Waals surface area contributed by atoms with E-state index < -0.39 is 10.0 Å². The molecule has 2 aromatic heterocycles. The lowest BCUT2D eigenvalue weighted by atomic mass is 10.1. The second kappa shape index (κ2) is 6.96. The molecule has 0 bridgehead atoms. The van der Waals surface area contributed by atoms with Gasteiger partial charge in [0.25, 0.3) is 0 Å². The largest absolute Gasteiger partial charge is 0.313 e. The van der Waals surface area contributed by atoms with Gasteiger partial charge in [0.2, 0.25) is 10.0 Å². The van der Waals surface area contributed by atoms with Gasteiger partial charge in [0.1, 0.15) is 4.90 Å². The summed E-state index contributed by atoms with van der Waals surface area (Å²) in [6, 6.07) is 3.46. The normalized spacial score (nSPS) is 19.3. The van der Waals surface area contributed by atoms with E-state index in [9.17, 15) is 8.42 Å². The Morgan fingerprint density at radius 3 is 2.74 bits per heavy atom. The lowest BCUT2D eigenvalue weighted by Gasteiger charge is -2.35. The van der Waals surface area contributed by atoms with Crippen molar-refractivity contribution in [2.24, 2.45) is 0 Å². The Labute approximate surface area is 142 Å². The minimum atomic E-state index is -3.61. The molecule has 0 spiro atoms. The molecule has 1 saturated heterocycles. The third-order valence-corrected chi connectivity index (χ3v) is 6.06. The summed E-state index contributed by atoms with van der Waals surface area (Å²) >= 11 is 0. The molecule has 23 heavy (non-hydrogen) atoms. The van der Waals surface area contributed by atoms with Gasteiger partial charge in [-0.1, -0.05) is 6.07 Å². The Kier molecular flexibility index (Phi) is 5.41. The smallest absolute Gasteiger partial charge is 0.247 e. The first-order valence-electron chi connectivity index (χ1n) is 7.16. The van der Waals surface area contributed by atoms with E-state index in [1.807, 2.05) is 12.1 Å². The van der Waals surface area contributed by atoms with Gasteiger partial charge in [-0.2, -0.15) is 9.40 Å². The van der Waals surface area contributed by atoms with Gasteiger partial charge in [-0.05, 0) is 25.5 Å². The monoisotopic (exact) mass is 357 g/mol. The summed E-state index contributed by atoms with van der Waals surface area (Å²) in [6.07, 6.45) is 3.40. The Balaban J connectivity index is 0.00000192. The predicted molar refractivity (Wildman–Crippen MR) is 89.0 cm³/mol. The molecule has 3 rings (SSSR count). The molecule has 0 aromatic carbocycles. The van der Waals surface area contributed by atoms with Crippen LogP contribution in [0.15, 0.2) is 29.4 Å². The van der Waals surface area contributed by atoms with Crippen molar-refractivity contribution < 1.29 is 8.42 Å². The number of rotatable bonds is 3. The summed E-state index contributed by atoms with van der Waals surface area (Å²) < 4.78 is 27.7. The van der Waals surface area contributed by atoms with Crippen molar-refractivity contribution in [2.45, 2.75) is 24.8 Å². The molecule has 1 fully saturated rings. The van der Waals surface area contributed by atoms with Crippen molar-refractivity contribution >= 4 is 22.4 Å². The molecule has 2 aromatic rings. The maximum absolute atomic E-state index is 13.1. The van der Waals surface area contributed by atoms with Gasteiger partial charge in [-0.25, -0.2) is 8.42 Å². The van der Waals surface area contributed by atoms with Gasteiger partial charge >= 0.3 is 0 Å². The highest BCUT2D eigenvalue weighted by atomic mass is 35.5. The average Bonchev–Trinajstić information content (AvgIpc) is 2.88. The second-order valence-electron chi connectivity index (χ2n) is 5.39. The predicted octanol–water partition coefficient (Wildman–Crippen LogP) is 1.18. The molecule has 1 aliphatic heterocycles. The standard InChI is InChI=1S/C14H19N5O2S.ClH/c1-10-14(11(2)18-17-10)22(20,21)19-7-6-16-9-13(19)12-4-3-5-15-8-12;/h3-5,8,13,16H,6-7,9H2,1-2H3,(H,17,18);1H. The zero-order valence-corrected chi connectivity index (χ0v) is 14.6. The lowest BCUT2D eigenvalue weighted by molar-refractivity contribution is 0.271. The van der Waals surface area contributed by atoms with E-state index in [1.54, 1.807) is 30.5 Å². The summed E-state index contributed by atoms with van der Waals surface area (Å²) in [7, 11) is -3.61. The number of pyridine rings is 1. The Morgan fingerprint density at radius 1 is 1.35 bits per heavy atom. The number of aryl methyl sites for hydroxylation is 2. The fourth-order valence-electron chi connectivity index (χ4n) is 2.87. The minimum absolute atomic E-state index is 0. The first-order valence-corrected chi connectivity index (χ1v) is 8.60. The number of nitrogens with one attached hydrogen (secondary N) is 2. The van der Waals surface area contributed by atoms with Crippen LogP contribution >= 0.6 is 12.4 Å². The zero-order valence-electron chi connectivity index (χ0n) is 13.0. The molecule has 3 heterocycles. The SMILES string of the molecule is Cc1n[nH]c(C)c1S(=O)(=O)N1CCNCC1c1cccnc1.Cl. The third-order valence-electron chi connectivity index (χ3n) is 3.89. The zero-order chi connectivity index (χ0) is 15.7. The van der Waals surface area contributed by atoms with Crippen LogP contribution in [0.3, 0.4) is 0 Å². The van der Waals surface area contributed by atoms with E-state index in [1.165, 1.54) is 0 Å². The quantitative estimate of drug-likeness (QED) is 0.860. The molecule has 1 aliphatic rings. The number of hydrogen-bond donors (Lipinski definition) is 2. The van der Waals surface area contributed by atoms with Crippen molar-refractivity contribution in [2.75, 3.05) is 19.6 Å². The van der Waals surface area contributed by atoms with Crippen molar-refractivity contribution in [3.8, 4) is 0 Å². The molecular weight excluding hydrogens is 338 g/mol. The van der Waals surface area contributed by atoms with Crippen molar-refractivity contribution in [3.63, 3.8) is 0 Å². The van der Waals surface area contributed by atoms with E-state index in [-0.39, 0.29) is 23.3 Å². The van der Waals surface area contributed by atoms with Gasteiger partial charge in [-0.3, -0.25) is 10.1 Å². The topological polar surface area (TPSA) is 91.0 Å². The molecule has 0 amide bonds. The molecule has 0 saturated carbocycles. The molecule has 2 N–H and O–H groups in total. The van der Waals surface area contributed by atoms with Crippen molar-refractivity contribution in [1.29, 1.82) is 0 Å². The summed E-state index contributed by atoms with van der Waals surface area (Å²) in [5.41, 5.74) is 1.96. The molecule has 126 valence electrons. The van der Waals surface area contributed by atoms with Crippen LogP contribution in [0.5, 0.6) is 0 Å². The molecule has 0 aliphatic carbocycles. The molecule has 1 atom stereocenters. The minimum Gasteiger partial charge on any atom is -0.313 e. The number of sulfonamides is 1. The first kappa shape index (κ1) is 17.9. The number of hydrogen-bond acceptors (Lipinski definition) is 5. The van der Waals surface area contributed by atoms with Gasteiger partial charge in [-0.15, -0.1) is 12.4 Å². The molecule has 7 nitrogen and oxygen atoms in total. The fourth-order valence-corrected chi connectivity index (χ4v) is 4.82. The van der Waals surface area contributed by atoms with Gasteiger partial charge in [0.15, 0.2) is 0 Å². The Morgan fingerprint density at radius 2 is 2.13 bits per heavy atom. The van der Waals surface area contributed by atoms with Crippen molar-refractivity contribution in [1.82, 2.24) is 24.8 Å². The van der Waals surface area contributed by atoms with Crippen LogP contribution in [-0.2, 0) is 10.0 Å². The summed E-state index contributed by atoms with van der Waals surface area (Å²) in [6.45, 7) is 5.06. The molecule has 9 heteroatoms. The maximum Gasteiger partial charge on any atom is 0.247 e. The molecular formula is C14H20ClN5O2S. The summed E-state index contributed by atoms with van der Waals surface area (Å²) in [5, 5.41) is 10.0. The van der Waals surface area contributed by atoms with E-state index >= 15 is 0 Å². The van der Waals surface area contributed by atoms with E-state index in [2.05, 4.69) is 20.5 Å². The molecule has 1 unspecified atom stereocenters. The highest BCUT2D eigenvalue weighted by molar-refractivity contribution is 7.89.